The normalized spacial score (nSPS) is 35.8. The number of carbonyl (C=O) groups excluding carboxylic acids is 4. The molecule has 5 aliphatic rings. The van der Waals surface area contributed by atoms with E-state index in [1.54, 1.807) is 62.4 Å². The maximum Gasteiger partial charge on any atom is 0.338 e. The molecule has 1 aliphatic heterocycles. The summed E-state index contributed by atoms with van der Waals surface area (Å²) in [5.41, 5.74) is -7.02. The molecule has 0 radical (unpaired) electrons. The van der Waals surface area contributed by atoms with E-state index < -0.39 is 101 Å². The summed E-state index contributed by atoms with van der Waals surface area (Å²) in [7, 11) is 0. The van der Waals surface area contributed by atoms with Gasteiger partial charge in [-0.1, -0.05) is 81.6 Å². The number of esters is 2. The minimum absolute atomic E-state index is 0.0234. The molecule has 1 saturated heterocycles. The van der Waals surface area contributed by atoms with Crippen molar-refractivity contribution in [1.82, 2.24) is 10.6 Å². The maximum absolute atomic E-state index is 14.7. The largest absolute Gasteiger partial charge is 0.456 e. The van der Waals surface area contributed by atoms with Crippen LogP contribution < -0.4 is 10.6 Å². The number of fused-ring (bicyclic) bond motifs is 5. The average Bonchev–Trinajstić information content (AvgIpc) is 3.19. The van der Waals surface area contributed by atoms with Gasteiger partial charge in [-0.3, -0.25) is 4.79 Å². The number of aliphatic hydroxyl groups excluding tert-OH is 3. The molecule has 14 heteroatoms. The summed E-state index contributed by atoms with van der Waals surface area (Å²) in [4.78, 5) is 56.0. The third-order valence-electron chi connectivity index (χ3n) is 13.8. The van der Waals surface area contributed by atoms with E-state index in [0.29, 0.717) is 5.56 Å². The van der Waals surface area contributed by atoms with Crippen LogP contribution >= 0.6 is 0 Å². The number of hydrogen-bond donors (Lipinski definition) is 7. The number of amides is 2. The van der Waals surface area contributed by atoms with Crippen molar-refractivity contribution in [3.05, 3.63) is 82.9 Å². The second-order valence-electron chi connectivity index (χ2n) is 17.3. The highest BCUT2D eigenvalue weighted by atomic mass is 16.6. The Labute approximate surface area is 331 Å². The van der Waals surface area contributed by atoms with Crippen LogP contribution in [0.15, 0.2) is 71.8 Å². The highest BCUT2D eigenvalue weighted by Gasteiger charge is 2.76. The predicted octanol–water partition coefficient (Wildman–Crippen LogP) is 2.80. The zero-order chi connectivity index (χ0) is 41.1. The van der Waals surface area contributed by atoms with Gasteiger partial charge in [0.25, 0.3) is 0 Å². The first kappa shape index (κ1) is 41.0. The molecule has 2 aromatic carbocycles. The van der Waals surface area contributed by atoms with Crippen LogP contribution in [0.3, 0.4) is 0 Å². The summed E-state index contributed by atoms with van der Waals surface area (Å²) in [6.07, 6.45) is -5.53. The SMILES string of the molecule is CC1=C2C(O)C(=O)[C@]3(C)C(O)CC4OC[C@@]4(O)C3C(OC(=O)c3ccccc3)C(O)(CC1OC(=O)C(O)C(NC(=O)NC1CCCCC1)c1ccccc1)C2(C)C. The summed E-state index contributed by atoms with van der Waals surface area (Å²) < 4.78 is 17.9. The number of aliphatic hydroxyl groups is 5. The monoisotopic (exact) mass is 790 g/mol. The van der Waals surface area contributed by atoms with Crippen LogP contribution in [0.4, 0.5) is 4.79 Å². The topological polar surface area (TPSA) is 221 Å². The van der Waals surface area contributed by atoms with Gasteiger partial charge in [-0.05, 0) is 55.5 Å². The van der Waals surface area contributed by atoms with Crippen LogP contribution in [0.2, 0.25) is 0 Å². The molecule has 1 heterocycles. The fourth-order valence-corrected chi connectivity index (χ4v) is 10.3. The number of ketones is 1. The van der Waals surface area contributed by atoms with Gasteiger partial charge >= 0.3 is 18.0 Å². The first-order valence-electron chi connectivity index (χ1n) is 19.9. The van der Waals surface area contributed by atoms with E-state index >= 15 is 0 Å². The molecule has 4 aliphatic carbocycles. The molecule has 9 unspecified atom stereocenters. The van der Waals surface area contributed by atoms with E-state index in [4.69, 9.17) is 14.2 Å². The molecule has 0 aromatic heterocycles. The molecule has 7 N–H and O–H groups in total. The Morgan fingerprint density at radius 3 is 2.16 bits per heavy atom. The number of Topliss-reactive ketones (excluding diaryl/α,β-unsaturated/α-hetero) is 1. The van der Waals surface area contributed by atoms with Crippen LogP contribution in [-0.2, 0) is 23.8 Å². The Balaban J connectivity index is 1.28. The Bertz CT molecular complexity index is 1900. The molecule has 2 amide bonds. The molecule has 4 fully saturated rings. The number of nitrogens with one attached hydrogen (secondary N) is 2. The number of hydrogen-bond acceptors (Lipinski definition) is 12. The van der Waals surface area contributed by atoms with Crippen LogP contribution in [0, 0.1) is 16.7 Å². The molecule has 14 nitrogen and oxygen atoms in total. The molecule has 0 spiro atoms. The van der Waals surface area contributed by atoms with Crippen molar-refractivity contribution >= 4 is 23.8 Å². The Morgan fingerprint density at radius 2 is 1.54 bits per heavy atom. The fraction of sp³-hybridized carbons (Fsp3) is 0.581. The minimum Gasteiger partial charge on any atom is -0.456 e. The molecule has 11 atom stereocenters. The molecular formula is C43H54N2O12. The third-order valence-corrected chi connectivity index (χ3v) is 13.8. The van der Waals surface area contributed by atoms with Crippen molar-refractivity contribution in [3.63, 3.8) is 0 Å². The van der Waals surface area contributed by atoms with E-state index in [0.717, 1.165) is 32.1 Å². The van der Waals surface area contributed by atoms with Gasteiger partial charge in [-0.15, -0.1) is 0 Å². The third kappa shape index (κ3) is 6.77. The minimum atomic E-state index is -2.29. The van der Waals surface area contributed by atoms with Crippen LogP contribution in [0.25, 0.3) is 0 Å². The van der Waals surface area contributed by atoms with E-state index in [2.05, 4.69) is 10.6 Å². The highest BCUT2D eigenvalue weighted by molar-refractivity contribution is 5.94. The van der Waals surface area contributed by atoms with Gasteiger partial charge in [0.15, 0.2) is 11.9 Å². The fourth-order valence-electron chi connectivity index (χ4n) is 10.3. The lowest BCUT2D eigenvalue weighted by molar-refractivity contribution is -0.343. The van der Waals surface area contributed by atoms with Crippen LogP contribution in [0.1, 0.15) is 94.6 Å². The van der Waals surface area contributed by atoms with Crippen molar-refractivity contribution < 1.29 is 58.9 Å². The molecule has 3 saturated carbocycles. The molecule has 2 aromatic rings. The maximum atomic E-state index is 14.7. The summed E-state index contributed by atoms with van der Waals surface area (Å²) in [6, 6.07) is 14.5. The Hall–Kier alpha value is -4.18. The first-order chi connectivity index (χ1) is 26.9. The highest BCUT2D eigenvalue weighted by Crippen LogP contribution is 2.63. The standard InChI is InChI=1S/C43H54N2O12/c1-23-27(56-38(51)33(48)31(24-14-8-5-9-15-24)45-39(52)44-26-18-12-7-13-19-26)21-43(54)36(57-37(50)25-16-10-6-11-17-25)34-41(4,28(46)20-29-42(34,53)22-55-29)35(49)32(47)30(23)40(43,2)3/h5-6,8-11,14-17,26-29,31-34,36,46-48,53-54H,7,12-13,18-22H2,1-4H3,(H2,44,45,52)/t27?,28?,29?,31?,32?,33?,34?,36?,41-,42+,43?/m1/s1. The molecule has 2 bridgehead atoms. The van der Waals surface area contributed by atoms with Crippen LogP contribution in [0.5, 0.6) is 0 Å². The van der Waals surface area contributed by atoms with E-state index in [1.165, 1.54) is 26.0 Å². The summed E-state index contributed by atoms with van der Waals surface area (Å²) in [6.45, 7) is 5.76. The Kier molecular flexibility index (Phi) is 10.9. The van der Waals surface area contributed by atoms with Gasteiger partial charge in [0.1, 0.15) is 29.5 Å². The predicted molar refractivity (Wildman–Crippen MR) is 203 cm³/mol. The second-order valence-corrected chi connectivity index (χ2v) is 17.3. The lowest BCUT2D eigenvalue weighted by Gasteiger charge is -2.66. The lowest BCUT2D eigenvalue weighted by Crippen LogP contribution is -2.81. The number of carbonyl (C=O) groups is 4. The van der Waals surface area contributed by atoms with E-state index in [1.807, 2.05) is 0 Å². The van der Waals surface area contributed by atoms with Crippen molar-refractivity contribution in [2.45, 2.75) is 133 Å². The van der Waals surface area contributed by atoms with E-state index in [9.17, 15) is 44.7 Å². The van der Waals surface area contributed by atoms with Crippen LogP contribution in [-0.4, -0.2) is 110 Å². The number of ether oxygens (including phenoxy) is 3. The smallest absolute Gasteiger partial charge is 0.338 e. The molecule has 7 rings (SSSR count). The summed E-state index contributed by atoms with van der Waals surface area (Å²) in [5.74, 6) is -4.45. The molecule has 57 heavy (non-hydrogen) atoms. The lowest BCUT2D eigenvalue weighted by atomic mass is 9.44. The van der Waals surface area contributed by atoms with E-state index in [-0.39, 0.29) is 35.8 Å². The van der Waals surface area contributed by atoms with Gasteiger partial charge in [-0.25, -0.2) is 14.4 Å². The van der Waals surface area contributed by atoms with Gasteiger partial charge in [0, 0.05) is 30.2 Å². The molecular weight excluding hydrogens is 736 g/mol. The quantitative estimate of drug-likeness (QED) is 0.152. The van der Waals surface area contributed by atoms with Gasteiger partial charge in [-0.2, -0.15) is 0 Å². The summed E-state index contributed by atoms with van der Waals surface area (Å²) in [5, 5.41) is 66.6. The van der Waals surface area contributed by atoms with Gasteiger partial charge in [0.05, 0.1) is 35.8 Å². The second kappa shape index (κ2) is 15.2. The summed E-state index contributed by atoms with van der Waals surface area (Å²) >= 11 is 0. The zero-order valence-corrected chi connectivity index (χ0v) is 32.7. The Morgan fingerprint density at radius 1 is 0.912 bits per heavy atom. The average molecular weight is 791 g/mol. The zero-order valence-electron chi connectivity index (χ0n) is 32.7. The van der Waals surface area contributed by atoms with Gasteiger partial charge < -0.3 is 50.4 Å². The first-order valence-corrected chi connectivity index (χ1v) is 19.9. The van der Waals surface area contributed by atoms with Crippen molar-refractivity contribution in [2.75, 3.05) is 6.61 Å². The van der Waals surface area contributed by atoms with Crippen molar-refractivity contribution in [3.8, 4) is 0 Å². The van der Waals surface area contributed by atoms with Gasteiger partial charge in [0.2, 0.25) is 0 Å². The number of benzene rings is 2. The van der Waals surface area contributed by atoms with Crippen molar-refractivity contribution in [2.24, 2.45) is 16.7 Å². The number of urea groups is 1. The van der Waals surface area contributed by atoms with Crippen molar-refractivity contribution in [1.29, 1.82) is 0 Å². The molecule has 308 valence electrons. The number of rotatable bonds is 8.